The molecule has 0 aliphatic heterocycles. The summed E-state index contributed by atoms with van der Waals surface area (Å²) in [5.74, 6) is 0. The van der Waals surface area contributed by atoms with Gasteiger partial charge in [0.25, 0.3) is 0 Å². The van der Waals surface area contributed by atoms with E-state index in [1.807, 2.05) is 6.07 Å². The fourth-order valence-corrected chi connectivity index (χ4v) is 2.90. The van der Waals surface area contributed by atoms with Crippen molar-refractivity contribution in [1.29, 1.82) is 5.26 Å². The van der Waals surface area contributed by atoms with Gasteiger partial charge in [0.15, 0.2) is 5.16 Å². The van der Waals surface area contributed by atoms with Gasteiger partial charge >= 0.3 is 5.69 Å². The summed E-state index contributed by atoms with van der Waals surface area (Å²) in [6.45, 7) is 0. The highest BCUT2D eigenvalue weighted by atomic mass is 35.5. The Morgan fingerprint density at radius 2 is 2.32 bits per heavy atom. The van der Waals surface area contributed by atoms with Crippen LogP contribution in [0.4, 0.5) is 0 Å². The summed E-state index contributed by atoms with van der Waals surface area (Å²) < 4.78 is 1.62. The first-order valence-corrected chi connectivity index (χ1v) is 6.79. The molecule has 1 fully saturated rings. The lowest BCUT2D eigenvalue weighted by Crippen LogP contribution is -2.16. The van der Waals surface area contributed by atoms with Crippen molar-refractivity contribution in [2.24, 2.45) is 0 Å². The van der Waals surface area contributed by atoms with Crippen molar-refractivity contribution in [2.75, 3.05) is 0 Å². The smallest absolute Gasteiger partial charge is 0.267 e. The summed E-state index contributed by atoms with van der Waals surface area (Å²) in [4.78, 5) is 15.7. The average Bonchev–Trinajstić information content (AvgIpc) is 3.14. The molecule has 6 nitrogen and oxygen atoms in total. The zero-order valence-corrected chi connectivity index (χ0v) is 11.2. The van der Waals surface area contributed by atoms with Crippen molar-refractivity contribution < 1.29 is 0 Å². The number of aromatic amines is 1. The number of nitrogens with zero attached hydrogens (tertiary/aromatic N) is 4. The molecule has 0 radical (unpaired) electrons. The Labute approximate surface area is 117 Å². The fourth-order valence-electron chi connectivity index (χ4n) is 1.70. The van der Waals surface area contributed by atoms with Crippen LogP contribution in [0.5, 0.6) is 0 Å². The second-order valence-electron chi connectivity index (χ2n) is 4.14. The predicted molar refractivity (Wildman–Crippen MR) is 69.2 cm³/mol. The Morgan fingerprint density at radius 3 is 3.00 bits per heavy atom. The maximum absolute atomic E-state index is 11.6. The molecule has 96 valence electrons. The molecule has 8 heteroatoms. The normalized spacial score (nSPS) is 14.3. The average molecular weight is 294 g/mol. The summed E-state index contributed by atoms with van der Waals surface area (Å²) in [5, 5.41) is 16.6. The van der Waals surface area contributed by atoms with Gasteiger partial charge in [-0.2, -0.15) is 5.26 Å². The van der Waals surface area contributed by atoms with Gasteiger partial charge < -0.3 is 0 Å². The van der Waals surface area contributed by atoms with Crippen molar-refractivity contribution in [3.05, 3.63) is 33.3 Å². The van der Waals surface area contributed by atoms with Gasteiger partial charge in [0.1, 0.15) is 10.2 Å². The van der Waals surface area contributed by atoms with E-state index in [-0.39, 0.29) is 16.9 Å². The van der Waals surface area contributed by atoms with Gasteiger partial charge in [-0.05, 0) is 36.7 Å². The molecule has 2 heterocycles. The number of aromatic nitrogens is 4. The molecule has 0 amide bonds. The third-order valence-electron chi connectivity index (χ3n) is 2.68. The van der Waals surface area contributed by atoms with E-state index in [9.17, 15) is 4.79 Å². The van der Waals surface area contributed by atoms with Gasteiger partial charge in [-0.15, -0.1) is 5.10 Å². The molecule has 0 spiro atoms. The zero-order valence-electron chi connectivity index (χ0n) is 9.63. The van der Waals surface area contributed by atoms with Crippen LogP contribution in [0.2, 0.25) is 5.15 Å². The highest BCUT2D eigenvalue weighted by Gasteiger charge is 2.28. The maximum Gasteiger partial charge on any atom is 0.344 e. The molecule has 0 unspecified atom stereocenters. The van der Waals surface area contributed by atoms with E-state index >= 15 is 0 Å². The maximum atomic E-state index is 11.6. The first-order valence-electron chi connectivity index (χ1n) is 5.60. The van der Waals surface area contributed by atoms with E-state index in [1.165, 1.54) is 17.8 Å². The molecule has 2 aromatic rings. The van der Waals surface area contributed by atoms with Crippen LogP contribution in [0.3, 0.4) is 0 Å². The van der Waals surface area contributed by atoms with Crippen LogP contribution in [-0.4, -0.2) is 19.7 Å². The molecule has 0 aromatic carbocycles. The van der Waals surface area contributed by atoms with Crippen LogP contribution < -0.4 is 5.69 Å². The molecule has 0 atom stereocenters. The summed E-state index contributed by atoms with van der Waals surface area (Å²) >= 11 is 7.06. The van der Waals surface area contributed by atoms with Crippen molar-refractivity contribution in [1.82, 2.24) is 19.7 Å². The first-order chi connectivity index (χ1) is 9.17. The zero-order chi connectivity index (χ0) is 13.4. The van der Waals surface area contributed by atoms with E-state index in [0.717, 1.165) is 12.8 Å². The fraction of sp³-hybridized carbons (Fsp3) is 0.273. The molecular formula is C11H8ClN5OS. The van der Waals surface area contributed by atoms with Crippen LogP contribution in [-0.2, 0) is 0 Å². The SMILES string of the molecule is N#Cc1cc(Cl)nc(Sc2n[nH]c(=O)n2C2CC2)c1. The van der Waals surface area contributed by atoms with Crippen LogP contribution in [0, 0.1) is 11.3 Å². The van der Waals surface area contributed by atoms with Gasteiger partial charge in [0, 0.05) is 6.04 Å². The molecule has 1 aliphatic rings. The molecule has 1 aliphatic carbocycles. The molecular weight excluding hydrogens is 286 g/mol. The quantitative estimate of drug-likeness (QED) is 0.874. The first kappa shape index (κ1) is 12.3. The minimum atomic E-state index is -0.215. The lowest BCUT2D eigenvalue weighted by atomic mass is 10.3. The van der Waals surface area contributed by atoms with E-state index in [4.69, 9.17) is 16.9 Å². The van der Waals surface area contributed by atoms with E-state index in [0.29, 0.717) is 15.7 Å². The van der Waals surface area contributed by atoms with Gasteiger partial charge in [-0.3, -0.25) is 4.57 Å². The minimum absolute atomic E-state index is 0.215. The van der Waals surface area contributed by atoms with Crippen molar-refractivity contribution in [3.8, 4) is 6.07 Å². The van der Waals surface area contributed by atoms with Gasteiger partial charge in [0.05, 0.1) is 11.6 Å². The van der Waals surface area contributed by atoms with E-state index in [1.54, 1.807) is 10.6 Å². The number of H-pyrrole nitrogens is 1. The molecule has 2 aromatic heterocycles. The number of rotatable bonds is 3. The Hall–Kier alpha value is -1.78. The second-order valence-corrected chi connectivity index (χ2v) is 5.52. The predicted octanol–water partition coefficient (Wildman–Crippen LogP) is 1.98. The lowest BCUT2D eigenvalue weighted by molar-refractivity contribution is 0.642. The van der Waals surface area contributed by atoms with Gasteiger partial charge in [-0.25, -0.2) is 14.9 Å². The lowest BCUT2D eigenvalue weighted by Gasteiger charge is -2.03. The Morgan fingerprint density at radius 1 is 1.53 bits per heavy atom. The largest absolute Gasteiger partial charge is 0.344 e. The molecule has 0 bridgehead atoms. The van der Waals surface area contributed by atoms with Gasteiger partial charge in [0.2, 0.25) is 0 Å². The third kappa shape index (κ3) is 2.50. The standard InChI is InChI=1S/C11H8ClN5OS/c12-8-3-6(5-13)4-9(14-8)19-11-16-15-10(18)17(11)7-1-2-7/h3-4,7H,1-2H2,(H,15,18). The Bertz CT molecular complexity index is 727. The highest BCUT2D eigenvalue weighted by Crippen LogP contribution is 2.37. The van der Waals surface area contributed by atoms with Crippen LogP contribution in [0.1, 0.15) is 24.4 Å². The number of nitriles is 1. The monoisotopic (exact) mass is 293 g/mol. The number of nitrogens with one attached hydrogen (secondary N) is 1. The van der Waals surface area contributed by atoms with Crippen molar-refractivity contribution in [3.63, 3.8) is 0 Å². The van der Waals surface area contributed by atoms with Crippen molar-refractivity contribution >= 4 is 23.4 Å². The van der Waals surface area contributed by atoms with Crippen LogP contribution >= 0.6 is 23.4 Å². The highest BCUT2D eigenvalue weighted by molar-refractivity contribution is 7.99. The van der Waals surface area contributed by atoms with E-state index < -0.39 is 0 Å². The van der Waals surface area contributed by atoms with Crippen LogP contribution in [0.15, 0.2) is 27.1 Å². The molecule has 1 N–H and O–H groups in total. The summed E-state index contributed by atoms with van der Waals surface area (Å²) in [5.41, 5.74) is 0.214. The van der Waals surface area contributed by atoms with Crippen molar-refractivity contribution in [2.45, 2.75) is 29.1 Å². The number of halogens is 1. The Kier molecular flexibility index (Phi) is 3.05. The number of hydrogen-bond acceptors (Lipinski definition) is 5. The molecule has 3 rings (SSSR count). The number of hydrogen-bond donors (Lipinski definition) is 1. The Balaban J connectivity index is 1.95. The minimum Gasteiger partial charge on any atom is -0.267 e. The van der Waals surface area contributed by atoms with Crippen LogP contribution in [0.25, 0.3) is 0 Å². The van der Waals surface area contributed by atoms with E-state index in [2.05, 4.69) is 15.2 Å². The summed E-state index contributed by atoms with van der Waals surface area (Å²) in [6, 6.07) is 5.35. The number of pyridine rings is 1. The summed E-state index contributed by atoms with van der Waals surface area (Å²) in [6.07, 6.45) is 1.97. The second kappa shape index (κ2) is 4.72. The van der Waals surface area contributed by atoms with Gasteiger partial charge in [-0.1, -0.05) is 11.6 Å². The molecule has 0 saturated heterocycles. The molecule has 19 heavy (non-hydrogen) atoms. The summed E-state index contributed by atoms with van der Waals surface area (Å²) in [7, 11) is 0. The molecule has 1 saturated carbocycles. The third-order valence-corrected chi connectivity index (χ3v) is 3.76. The topological polar surface area (TPSA) is 87.4 Å².